The number of halogens is 1. The van der Waals surface area contributed by atoms with Gasteiger partial charge in [-0.3, -0.25) is 4.79 Å². The molecule has 2 rings (SSSR count). The van der Waals surface area contributed by atoms with Crippen molar-refractivity contribution in [1.29, 1.82) is 0 Å². The molecule has 1 amide bonds. The van der Waals surface area contributed by atoms with Gasteiger partial charge in [-0.2, -0.15) is 0 Å². The molecule has 1 fully saturated rings. The topological polar surface area (TPSA) is 55.1 Å². The van der Waals surface area contributed by atoms with Crippen LogP contribution in [0.2, 0.25) is 5.02 Å². The zero-order valence-corrected chi connectivity index (χ0v) is 9.05. The Morgan fingerprint density at radius 1 is 1.40 bits per heavy atom. The first-order chi connectivity index (χ1) is 7.14. The highest BCUT2D eigenvalue weighted by molar-refractivity contribution is 6.33. The monoisotopic (exact) mass is 224 g/mol. The number of nitrogens with two attached hydrogens (primary N) is 1. The second kappa shape index (κ2) is 3.74. The number of rotatable bonds is 3. The van der Waals surface area contributed by atoms with Crippen LogP contribution in [-0.2, 0) is 4.79 Å². The number of carbonyl (C=O) groups excluding carboxylic acids is 1. The van der Waals surface area contributed by atoms with Gasteiger partial charge in [0.1, 0.15) is 5.54 Å². The van der Waals surface area contributed by atoms with Crippen molar-refractivity contribution in [2.45, 2.75) is 24.8 Å². The van der Waals surface area contributed by atoms with E-state index in [1.165, 1.54) is 0 Å². The molecule has 4 heteroatoms. The normalized spacial score (nSPS) is 17.9. The molecule has 3 nitrogen and oxygen atoms in total. The van der Waals surface area contributed by atoms with Crippen molar-refractivity contribution in [2.75, 3.05) is 5.32 Å². The summed E-state index contributed by atoms with van der Waals surface area (Å²) in [6.07, 6.45) is 2.60. The summed E-state index contributed by atoms with van der Waals surface area (Å²) < 4.78 is 0. The first kappa shape index (κ1) is 10.3. The lowest BCUT2D eigenvalue weighted by atomic mass is 9.76. The summed E-state index contributed by atoms with van der Waals surface area (Å²) in [6, 6.07) is 7.37. The van der Waals surface area contributed by atoms with E-state index in [1.54, 1.807) is 6.07 Å². The van der Waals surface area contributed by atoms with Gasteiger partial charge in [-0.1, -0.05) is 23.7 Å². The molecule has 0 spiro atoms. The molecule has 0 aromatic heterocycles. The van der Waals surface area contributed by atoms with Crippen LogP contribution in [0.4, 0.5) is 5.69 Å². The van der Waals surface area contributed by atoms with Gasteiger partial charge in [-0.15, -0.1) is 0 Å². The first-order valence-electron chi connectivity index (χ1n) is 4.97. The predicted octanol–water partition coefficient (Wildman–Crippen LogP) is 2.16. The summed E-state index contributed by atoms with van der Waals surface area (Å²) in [4.78, 5) is 11.3. The third-order valence-electron chi connectivity index (χ3n) is 2.93. The molecule has 0 heterocycles. The van der Waals surface area contributed by atoms with Gasteiger partial charge in [-0.05, 0) is 31.4 Å². The first-order valence-corrected chi connectivity index (χ1v) is 5.34. The van der Waals surface area contributed by atoms with E-state index >= 15 is 0 Å². The Balaban J connectivity index is 2.21. The zero-order valence-electron chi connectivity index (χ0n) is 8.29. The summed E-state index contributed by atoms with van der Waals surface area (Å²) in [6.45, 7) is 0. The van der Waals surface area contributed by atoms with Crippen LogP contribution in [0.25, 0.3) is 0 Å². The Morgan fingerprint density at radius 2 is 2.07 bits per heavy atom. The van der Waals surface area contributed by atoms with Crippen molar-refractivity contribution in [2.24, 2.45) is 5.73 Å². The Kier molecular flexibility index (Phi) is 2.57. The highest BCUT2D eigenvalue weighted by atomic mass is 35.5. The summed E-state index contributed by atoms with van der Waals surface area (Å²) in [5, 5.41) is 3.77. The molecular formula is C11H13ClN2O. The molecule has 0 radical (unpaired) electrons. The Hall–Kier alpha value is -1.22. The van der Waals surface area contributed by atoms with Crippen LogP contribution >= 0.6 is 11.6 Å². The number of anilines is 1. The Labute approximate surface area is 93.6 Å². The van der Waals surface area contributed by atoms with Gasteiger partial charge in [0.2, 0.25) is 5.91 Å². The number of amides is 1. The maximum Gasteiger partial charge on any atom is 0.243 e. The fraction of sp³-hybridized carbons (Fsp3) is 0.364. The second-order valence-electron chi connectivity index (χ2n) is 3.90. The molecule has 0 unspecified atom stereocenters. The minimum Gasteiger partial charge on any atom is -0.370 e. The molecule has 80 valence electrons. The number of para-hydroxylation sites is 1. The molecular weight excluding hydrogens is 212 g/mol. The molecule has 0 atom stereocenters. The molecule has 1 saturated carbocycles. The highest BCUT2D eigenvalue weighted by Gasteiger charge is 2.42. The van der Waals surface area contributed by atoms with Crippen LogP contribution in [0.3, 0.4) is 0 Å². The molecule has 0 bridgehead atoms. The molecule has 1 aromatic carbocycles. The van der Waals surface area contributed by atoms with E-state index in [4.69, 9.17) is 17.3 Å². The molecule has 0 aliphatic heterocycles. The third-order valence-corrected chi connectivity index (χ3v) is 3.26. The van der Waals surface area contributed by atoms with E-state index in [9.17, 15) is 4.79 Å². The molecule has 0 saturated heterocycles. The van der Waals surface area contributed by atoms with E-state index in [0.29, 0.717) is 5.02 Å². The van der Waals surface area contributed by atoms with Crippen LogP contribution < -0.4 is 11.1 Å². The molecule has 1 aromatic rings. The van der Waals surface area contributed by atoms with Crippen LogP contribution in [0.15, 0.2) is 24.3 Å². The fourth-order valence-corrected chi connectivity index (χ4v) is 1.97. The van der Waals surface area contributed by atoms with Gasteiger partial charge in [0.05, 0.1) is 10.7 Å². The maximum absolute atomic E-state index is 11.3. The van der Waals surface area contributed by atoms with Gasteiger partial charge in [0.25, 0.3) is 0 Å². The molecule has 1 aliphatic carbocycles. The lowest BCUT2D eigenvalue weighted by Gasteiger charge is -2.40. The Morgan fingerprint density at radius 3 is 2.53 bits per heavy atom. The minimum atomic E-state index is -0.578. The van der Waals surface area contributed by atoms with E-state index in [2.05, 4.69) is 5.32 Å². The van der Waals surface area contributed by atoms with Crippen LogP contribution in [0, 0.1) is 0 Å². The highest BCUT2D eigenvalue weighted by Crippen LogP contribution is 2.36. The van der Waals surface area contributed by atoms with Gasteiger partial charge in [-0.25, -0.2) is 0 Å². The summed E-state index contributed by atoms with van der Waals surface area (Å²) in [7, 11) is 0. The lowest BCUT2D eigenvalue weighted by Crippen LogP contribution is -2.55. The average Bonchev–Trinajstić information content (AvgIpc) is 2.13. The summed E-state index contributed by atoms with van der Waals surface area (Å²) >= 11 is 6.00. The molecule has 15 heavy (non-hydrogen) atoms. The largest absolute Gasteiger partial charge is 0.370 e. The van der Waals surface area contributed by atoms with Gasteiger partial charge >= 0.3 is 0 Å². The van der Waals surface area contributed by atoms with Crippen LogP contribution in [-0.4, -0.2) is 11.4 Å². The number of benzene rings is 1. The van der Waals surface area contributed by atoms with E-state index < -0.39 is 5.54 Å². The summed E-state index contributed by atoms with van der Waals surface area (Å²) in [5.74, 6) is -0.298. The molecule has 1 aliphatic rings. The SMILES string of the molecule is NC(=O)C1(Nc2ccccc2Cl)CCC1. The minimum absolute atomic E-state index is 0.298. The van der Waals surface area contributed by atoms with Crippen molar-refractivity contribution in [3.8, 4) is 0 Å². The van der Waals surface area contributed by atoms with Crippen LogP contribution in [0.5, 0.6) is 0 Å². The van der Waals surface area contributed by atoms with E-state index in [-0.39, 0.29) is 5.91 Å². The smallest absolute Gasteiger partial charge is 0.243 e. The third kappa shape index (κ3) is 1.79. The van der Waals surface area contributed by atoms with Gasteiger partial charge < -0.3 is 11.1 Å². The van der Waals surface area contributed by atoms with E-state index in [0.717, 1.165) is 24.9 Å². The quantitative estimate of drug-likeness (QED) is 0.827. The average molecular weight is 225 g/mol. The van der Waals surface area contributed by atoms with Crippen molar-refractivity contribution in [3.63, 3.8) is 0 Å². The van der Waals surface area contributed by atoms with E-state index in [1.807, 2.05) is 18.2 Å². The van der Waals surface area contributed by atoms with Crippen molar-refractivity contribution < 1.29 is 4.79 Å². The summed E-state index contributed by atoms with van der Waals surface area (Å²) in [5.41, 5.74) is 5.58. The number of primary amides is 1. The molecule has 3 N–H and O–H groups in total. The van der Waals surface area contributed by atoms with Gasteiger partial charge in [0.15, 0.2) is 0 Å². The van der Waals surface area contributed by atoms with Crippen molar-refractivity contribution in [3.05, 3.63) is 29.3 Å². The standard InChI is InChI=1S/C11H13ClN2O/c12-8-4-1-2-5-9(8)14-11(10(13)15)6-3-7-11/h1-2,4-5,14H,3,6-7H2,(H2,13,15). The number of hydrogen-bond acceptors (Lipinski definition) is 2. The van der Waals surface area contributed by atoms with Crippen LogP contribution in [0.1, 0.15) is 19.3 Å². The number of hydrogen-bond donors (Lipinski definition) is 2. The zero-order chi connectivity index (χ0) is 10.9. The Bertz CT molecular complexity index is 388. The lowest BCUT2D eigenvalue weighted by molar-refractivity contribution is -0.124. The predicted molar refractivity (Wildman–Crippen MR) is 60.9 cm³/mol. The fourth-order valence-electron chi connectivity index (χ4n) is 1.78. The second-order valence-corrected chi connectivity index (χ2v) is 4.31. The van der Waals surface area contributed by atoms with Crippen molar-refractivity contribution in [1.82, 2.24) is 0 Å². The number of nitrogens with one attached hydrogen (secondary N) is 1. The van der Waals surface area contributed by atoms with Crippen molar-refractivity contribution >= 4 is 23.2 Å². The maximum atomic E-state index is 11.3. The number of carbonyl (C=O) groups is 1. The van der Waals surface area contributed by atoms with Gasteiger partial charge in [0, 0.05) is 0 Å².